The molecule has 0 spiro atoms. The van der Waals surface area contributed by atoms with E-state index in [0.29, 0.717) is 28.8 Å². The zero-order chi connectivity index (χ0) is 20.5. The van der Waals surface area contributed by atoms with Crippen molar-refractivity contribution in [2.75, 3.05) is 25.5 Å². The van der Waals surface area contributed by atoms with Crippen LogP contribution in [0.1, 0.15) is 40.3 Å². The molecule has 0 radical (unpaired) electrons. The molecule has 0 bridgehead atoms. The SMILES string of the molecule is CCOC(=O)c1sc(C(C)NC(=NC)NCC(=O)Nc2cccnc2)nc1C. The molecule has 0 aliphatic carbocycles. The molecule has 150 valence electrons. The van der Waals surface area contributed by atoms with Crippen LogP contribution in [0, 0.1) is 6.92 Å². The Balaban J connectivity index is 1.91. The van der Waals surface area contributed by atoms with Crippen molar-refractivity contribution < 1.29 is 14.3 Å². The lowest BCUT2D eigenvalue weighted by atomic mass is 10.3. The number of esters is 1. The molecule has 3 N–H and O–H groups in total. The Labute approximate surface area is 167 Å². The van der Waals surface area contributed by atoms with Crippen molar-refractivity contribution in [3.63, 3.8) is 0 Å². The Kier molecular flexibility index (Phi) is 7.88. The van der Waals surface area contributed by atoms with E-state index in [4.69, 9.17) is 4.74 Å². The van der Waals surface area contributed by atoms with E-state index in [9.17, 15) is 9.59 Å². The maximum Gasteiger partial charge on any atom is 0.350 e. The summed E-state index contributed by atoms with van der Waals surface area (Å²) in [5.74, 6) is -0.150. The summed E-state index contributed by atoms with van der Waals surface area (Å²) in [5.41, 5.74) is 1.25. The van der Waals surface area contributed by atoms with Crippen LogP contribution in [0.4, 0.5) is 5.69 Å². The van der Waals surface area contributed by atoms with Gasteiger partial charge < -0.3 is 20.7 Å². The lowest BCUT2D eigenvalue weighted by Gasteiger charge is -2.16. The molecule has 0 aliphatic heterocycles. The Morgan fingerprint density at radius 3 is 2.82 bits per heavy atom. The molecular weight excluding hydrogens is 380 g/mol. The summed E-state index contributed by atoms with van der Waals surface area (Å²) >= 11 is 1.28. The second-order valence-corrected chi connectivity index (χ2v) is 6.80. The van der Waals surface area contributed by atoms with Gasteiger partial charge in [0.25, 0.3) is 0 Å². The number of thiazole rings is 1. The number of pyridine rings is 1. The number of aliphatic imine (C=N–C) groups is 1. The lowest BCUT2D eigenvalue weighted by molar-refractivity contribution is -0.115. The predicted molar refractivity (Wildman–Crippen MR) is 109 cm³/mol. The minimum atomic E-state index is -0.370. The monoisotopic (exact) mass is 404 g/mol. The fraction of sp³-hybridized carbons (Fsp3) is 0.389. The minimum absolute atomic E-state index is 0.0340. The van der Waals surface area contributed by atoms with Crippen molar-refractivity contribution in [2.45, 2.75) is 26.8 Å². The van der Waals surface area contributed by atoms with Crippen LogP contribution < -0.4 is 16.0 Å². The van der Waals surface area contributed by atoms with Crippen LogP contribution in [0.2, 0.25) is 0 Å². The molecule has 28 heavy (non-hydrogen) atoms. The van der Waals surface area contributed by atoms with Crippen molar-refractivity contribution in [1.82, 2.24) is 20.6 Å². The summed E-state index contributed by atoms with van der Waals surface area (Å²) in [6, 6.07) is 3.29. The molecule has 1 unspecified atom stereocenters. The van der Waals surface area contributed by atoms with Gasteiger partial charge >= 0.3 is 5.97 Å². The van der Waals surface area contributed by atoms with Gasteiger partial charge in [-0.1, -0.05) is 0 Å². The molecule has 0 saturated carbocycles. The first kappa shape index (κ1) is 21.3. The van der Waals surface area contributed by atoms with Gasteiger partial charge in [0.2, 0.25) is 5.91 Å². The van der Waals surface area contributed by atoms with E-state index in [1.165, 1.54) is 11.3 Å². The number of guanidine groups is 1. The van der Waals surface area contributed by atoms with Gasteiger partial charge in [0, 0.05) is 13.2 Å². The van der Waals surface area contributed by atoms with E-state index in [0.717, 1.165) is 5.01 Å². The van der Waals surface area contributed by atoms with Crippen molar-refractivity contribution >= 4 is 34.9 Å². The summed E-state index contributed by atoms with van der Waals surface area (Å²) in [6.45, 7) is 5.79. The topological polar surface area (TPSA) is 118 Å². The first-order chi connectivity index (χ1) is 13.4. The van der Waals surface area contributed by atoms with Crippen molar-refractivity contribution in [3.05, 3.63) is 40.1 Å². The van der Waals surface area contributed by atoms with Gasteiger partial charge in [-0.3, -0.25) is 14.8 Å². The van der Waals surface area contributed by atoms with E-state index < -0.39 is 0 Å². The number of carbonyl (C=O) groups is 2. The largest absolute Gasteiger partial charge is 0.462 e. The smallest absolute Gasteiger partial charge is 0.350 e. The molecule has 2 aromatic heterocycles. The summed E-state index contributed by atoms with van der Waals surface area (Å²) < 4.78 is 5.04. The fourth-order valence-electron chi connectivity index (χ4n) is 2.26. The zero-order valence-electron chi connectivity index (χ0n) is 16.3. The summed E-state index contributed by atoms with van der Waals surface area (Å²) in [5, 5.41) is 9.56. The highest BCUT2D eigenvalue weighted by molar-refractivity contribution is 7.13. The number of hydrogen-bond donors (Lipinski definition) is 3. The Morgan fingerprint density at radius 2 is 2.18 bits per heavy atom. The normalized spacial score (nSPS) is 12.2. The van der Waals surface area contributed by atoms with Crippen LogP contribution in [0.25, 0.3) is 0 Å². The van der Waals surface area contributed by atoms with Crippen molar-refractivity contribution in [2.24, 2.45) is 4.99 Å². The maximum absolute atomic E-state index is 12.0. The molecule has 0 aliphatic rings. The van der Waals surface area contributed by atoms with Crippen molar-refractivity contribution in [1.29, 1.82) is 0 Å². The van der Waals surface area contributed by atoms with E-state index in [1.54, 1.807) is 45.4 Å². The molecule has 1 atom stereocenters. The first-order valence-corrected chi connectivity index (χ1v) is 9.57. The second kappa shape index (κ2) is 10.4. The Hall–Kier alpha value is -3.01. The molecule has 2 aromatic rings. The molecular formula is C18H24N6O3S. The third kappa shape index (κ3) is 6.02. The number of rotatable bonds is 7. The number of hydrogen-bond acceptors (Lipinski definition) is 7. The van der Waals surface area contributed by atoms with Gasteiger partial charge in [-0.2, -0.15) is 0 Å². The van der Waals surface area contributed by atoms with Crippen molar-refractivity contribution in [3.8, 4) is 0 Å². The number of ether oxygens (including phenoxy) is 1. The Bertz CT molecular complexity index is 837. The van der Waals surface area contributed by atoms with Crippen LogP contribution in [0.5, 0.6) is 0 Å². The minimum Gasteiger partial charge on any atom is -0.462 e. The third-order valence-electron chi connectivity index (χ3n) is 3.58. The standard InChI is InChI=1S/C18H24N6O3S/c1-5-27-17(26)15-11(2)22-16(28-15)12(3)23-18(19-4)21-10-14(25)24-13-7-6-8-20-9-13/h6-9,12H,5,10H2,1-4H3,(H,24,25)(H2,19,21,23). The van der Waals surface area contributed by atoms with Gasteiger partial charge in [-0.15, -0.1) is 11.3 Å². The van der Waals surface area contributed by atoms with E-state index in [1.807, 2.05) is 6.92 Å². The number of carbonyl (C=O) groups excluding carboxylic acids is 2. The van der Waals surface area contributed by atoms with Gasteiger partial charge in [0.1, 0.15) is 9.88 Å². The number of aromatic nitrogens is 2. The molecule has 9 nitrogen and oxygen atoms in total. The number of aryl methyl sites for hydroxylation is 1. The molecule has 0 aromatic carbocycles. The molecule has 1 amide bonds. The second-order valence-electron chi connectivity index (χ2n) is 5.77. The quantitative estimate of drug-likeness (QED) is 0.366. The average molecular weight is 404 g/mol. The number of amides is 1. The van der Waals surface area contributed by atoms with E-state index in [-0.39, 0.29) is 24.5 Å². The van der Waals surface area contributed by atoms with Crippen LogP contribution in [-0.2, 0) is 9.53 Å². The van der Waals surface area contributed by atoms with Gasteiger partial charge in [-0.25, -0.2) is 9.78 Å². The predicted octanol–water partition coefficient (Wildman–Crippen LogP) is 1.89. The van der Waals surface area contributed by atoms with Crippen LogP contribution in [0.3, 0.4) is 0 Å². The molecule has 0 saturated heterocycles. The van der Waals surface area contributed by atoms with Gasteiger partial charge in [0.05, 0.1) is 36.8 Å². The van der Waals surface area contributed by atoms with E-state index in [2.05, 4.69) is 30.9 Å². The van der Waals surface area contributed by atoms with Gasteiger partial charge in [-0.05, 0) is 32.9 Å². The summed E-state index contributed by atoms with van der Waals surface area (Å²) in [7, 11) is 1.61. The Morgan fingerprint density at radius 1 is 1.39 bits per heavy atom. The average Bonchev–Trinajstić information content (AvgIpc) is 3.08. The maximum atomic E-state index is 12.0. The zero-order valence-corrected chi connectivity index (χ0v) is 17.1. The van der Waals surface area contributed by atoms with Crippen LogP contribution in [-0.4, -0.2) is 48.0 Å². The van der Waals surface area contributed by atoms with Crippen LogP contribution in [0.15, 0.2) is 29.5 Å². The molecule has 2 heterocycles. The summed E-state index contributed by atoms with van der Waals surface area (Å²) in [6.07, 6.45) is 3.20. The number of anilines is 1. The van der Waals surface area contributed by atoms with Crippen LogP contribution >= 0.6 is 11.3 Å². The molecule has 2 rings (SSSR count). The lowest BCUT2D eigenvalue weighted by Crippen LogP contribution is -2.42. The van der Waals surface area contributed by atoms with Gasteiger partial charge in [0.15, 0.2) is 5.96 Å². The number of nitrogens with one attached hydrogen (secondary N) is 3. The fourth-order valence-corrected chi connectivity index (χ4v) is 3.22. The number of nitrogens with zero attached hydrogens (tertiary/aromatic N) is 3. The first-order valence-electron chi connectivity index (χ1n) is 8.76. The third-order valence-corrected chi connectivity index (χ3v) is 4.90. The summed E-state index contributed by atoms with van der Waals surface area (Å²) in [4.78, 5) is 37.0. The highest BCUT2D eigenvalue weighted by atomic mass is 32.1. The highest BCUT2D eigenvalue weighted by Crippen LogP contribution is 2.24. The highest BCUT2D eigenvalue weighted by Gasteiger charge is 2.20. The molecule has 10 heteroatoms. The molecule has 0 fully saturated rings. The van der Waals surface area contributed by atoms with E-state index >= 15 is 0 Å².